The van der Waals surface area contributed by atoms with E-state index in [4.69, 9.17) is 0 Å². The first-order chi connectivity index (χ1) is 8.31. The van der Waals surface area contributed by atoms with Gasteiger partial charge in [-0.1, -0.05) is 30.3 Å². The summed E-state index contributed by atoms with van der Waals surface area (Å²) >= 11 is 0. The molecule has 17 heavy (non-hydrogen) atoms. The van der Waals surface area contributed by atoms with E-state index in [9.17, 15) is 4.79 Å². The van der Waals surface area contributed by atoms with Gasteiger partial charge in [0.15, 0.2) is 0 Å². The van der Waals surface area contributed by atoms with Gasteiger partial charge in [-0.05, 0) is 35.8 Å². The van der Waals surface area contributed by atoms with Gasteiger partial charge in [-0.25, -0.2) is 0 Å². The maximum Gasteiger partial charge on any atom is 0.209 e. The van der Waals surface area contributed by atoms with E-state index in [1.807, 2.05) is 43.4 Å². The molecule has 0 bridgehead atoms. The molecule has 1 N–H and O–H groups in total. The summed E-state index contributed by atoms with van der Waals surface area (Å²) in [5.41, 5.74) is 4.84. The van der Waals surface area contributed by atoms with Crippen molar-refractivity contribution in [1.82, 2.24) is 5.32 Å². The number of hydrogen-bond acceptors (Lipinski definition) is 2. The summed E-state index contributed by atoms with van der Waals surface area (Å²) < 4.78 is 0. The number of Topliss-reactive ketones (excluding diaryl/α,β-unsaturated/α-hetero) is 1. The fraction of sp³-hybridized carbons (Fsp3) is 0.133. The highest BCUT2D eigenvalue weighted by Gasteiger charge is 2.27. The lowest BCUT2D eigenvalue weighted by Gasteiger charge is -2.14. The number of benzene rings is 1. The minimum Gasteiger partial charge on any atom is -0.382 e. The number of hydrogen-bond donors (Lipinski definition) is 1. The van der Waals surface area contributed by atoms with Crippen LogP contribution in [0.5, 0.6) is 0 Å². The Hall–Kier alpha value is -2.09. The minimum absolute atomic E-state index is 0.0977. The van der Waals surface area contributed by atoms with E-state index in [1.165, 1.54) is 0 Å². The molecule has 0 aromatic heterocycles. The van der Waals surface area contributed by atoms with Crippen molar-refractivity contribution in [1.29, 1.82) is 0 Å². The van der Waals surface area contributed by atoms with Gasteiger partial charge in [-0.15, -0.1) is 0 Å². The van der Waals surface area contributed by atoms with Gasteiger partial charge in [0.2, 0.25) is 5.78 Å². The Morgan fingerprint density at radius 2 is 1.94 bits per heavy atom. The molecule has 84 valence electrons. The summed E-state index contributed by atoms with van der Waals surface area (Å²) in [4.78, 5) is 12.2. The lowest BCUT2D eigenvalue weighted by Crippen LogP contribution is -2.22. The smallest absolute Gasteiger partial charge is 0.209 e. The first-order valence-electron chi connectivity index (χ1n) is 5.83. The van der Waals surface area contributed by atoms with Gasteiger partial charge in [0.05, 0.1) is 5.70 Å². The van der Waals surface area contributed by atoms with E-state index >= 15 is 0 Å². The predicted molar refractivity (Wildman–Crippen MR) is 69.2 cm³/mol. The third kappa shape index (κ3) is 1.45. The van der Waals surface area contributed by atoms with Crippen molar-refractivity contribution in [3.8, 4) is 0 Å². The molecular weight excluding hydrogens is 210 g/mol. The topological polar surface area (TPSA) is 29.1 Å². The molecule has 2 nitrogen and oxygen atoms in total. The van der Waals surface area contributed by atoms with E-state index in [2.05, 4.69) is 11.4 Å². The van der Waals surface area contributed by atoms with Gasteiger partial charge in [0.25, 0.3) is 0 Å². The summed E-state index contributed by atoms with van der Waals surface area (Å²) in [6, 6.07) is 8.10. The van der Waals surface area contributed by atoms with Gasteiger partial charge in [0.1, 0.15) is 0 Å². The third-order valence-electron chi connectivity index (χ3n) is 3.11. The van der Waals surface area contributed by atoms with E-state index in [0.29, 0.717) is 5.70 Å². The summed E-state index contributed by atoms with van der Waals surface area (Å²) in [5, 5.41) is 3.10. The molecule has 2 aliphatic carbocycles. The molecule has 0 saturated heterocycles. The number of carbonyl (C=O) groups excluding carboxylic acids is 1. The van der Waals surface area contributed by atoms with Crippen LogP contribution in [-0.4, -0.2) is 12.3 Å². The molecule has 0 heterocycles. The first kappa shape index (κ1) is 10.1. The lowest BCUT2D eigenvalue weighted by molar-refractivity contribution is -0.112. The molecule has 0 spiro atoms. The average Bonchev–Trinajstić information content (AvgIpc) is 2.73. The molecule has 2 aliphatic rings. The first-order valence-corrected chi connectivity index (χ1v) is 5.83. The second-order valence-electron chi connectivity index (χ2n) is 4.17. The van der Waals surface area contributed by atoms with Gasteiger partial charge in [-0.2, -0.15) is 0 Å². The van der Waals surface area contributed by atoms with Crippen LogP contribution >= 0.6 is 0 Å². The van der Waals surface area contributed by atoms with Crippen LogP contribution in [0.1, 0.15) is 18.1 Å². The zero-order valence-electron chi connectivity index (χ0n) is 9.66. The monoisotopic (exact) mass is 223 g/mol. The quantitative estimate of drug-likeness (QED) is 0.834. The normalized spacial score (nSPS) is 16.8. The number of likely N-dealkylation sites (N-methyl/N-ethyl adjacent to an activating group) is 1. The Labute approximate surface area is 100 Å². The van der Waals surface area contributed by atoms with Crippen LogP contribution in [0.25, 0.3) is 11.6 Å². The Bertz CT molecular complexity index is 591. The highest BCUT2D eigenvalue weighted by Crippen LogP contribution is 2.38. The zero-order chi connectivity index (χ0) is 11.8. The fourth-order valence-corrected chi connectivity index (χ4v) is 2.33. The molecule has 0 unspecified atom stereocenters. The Morgan fingerprint density at radius 3 is 2.76 bits per heavy atom. The highest BCUT2D eigenvalue weighted by atomic mass is 16.1. The fourth-order valence-electron chi connectivity index (χ4n) is 2.33. The molecule has 0 radical (unpaired) electrons. The SMILES string of the molecule is CCNC1=CC=C2C(=Cc3ccccc32)C1=O. The van der Waals surface area contributed by atoms with Gasteiger partial charge >= 0.3 is 0 Å². The van der Waals surface area contributed by atoms with Crippen LogP contribution < -0.4 is 5.32 Å². The maximum absolute atomic E-state index is 12.2. The number of allylic oxidation sites excluding steroid dienone is 4. The minimum atomic E-state index is 0.0977. The largest absolute Gasteiger partial charge is 0.382 e. The van der Waals surface area contributed by atoms with Gasteiger partial charge < -0.3 is 5.32 Å². The van der Waals surface area contributed by atoms with Crippen LogP contribution in [-0.2, 0) is 4.79 Å². The summed E-state index contributed by atoms with van der Waals surface area (Å²) in [5.74, 6) is 0.0977. The maximum atomic E-state index is 12.2. The van der Waals surface area contributed by atoms with Crippen molar-refractivity contribution in [2.75, 3.05) is 6.54 Å². The Balaban J connectivity index is 2.09. The molecular formula is C15H13NO. The van der Waals surface area contributed by atoms with E-state index in [1.54, 1.807) is 0 Å². The molecule has 0 amide bonds. The summed E-state index contributed by atoms with van der Waals surface area (Å²) in [6.45, 7) is 2.76. The standard InChI is InChI=1S/C15H13NO/c1-2-16-14-8-7-12-11-6-4-3-5-10(11)9-13(12)15(14)17/h3-9,16H,2H2,1H3. The Kier molecular flexibility index (Phi) is 2.22. The third-order valence-corrected chi connectivity index (χ3v) is 3.11. The van der Waals surface area contributed by atoms with E-state index in [-0.39, 0.29) is 5.78 Å². The van der Waals surface area contributed by atoms with E-state index < -0.39 is 0 Å². The van der Waals surface area contributed by atoms with Crippen LogP contribution in [0.3, 0.4) is 0 Å². The second-order valence-corrected chi connectivity index (χ2v) is 4.17. The average molecular weight is 223 g/mol. The molecule has 0 saturated carbocycles. The van der Waals surface area contributed by atoms with Crippen molar-refractivity contribution >= 4 is 17.4 Å². The summed E-state index contributed by atoms with van der Waals surface area (Å²) in [6.07, 6.45) is 5.88. The second kappa shape index (κ2) is 3.74. The molecule has 1 aromatic rings. The molecule has 0 aliphatic heterocycles. The van der Waals surface area contributed by atoms with Crippen LogP contribution in [0, 0.1) is 0 Å². The molecule has 1 aromatic carbocycles. The number of nitrogens with one attached hydrogen (secondary N) is 1. The zero-order valence-corrected chi connectivity index (χ0v) is 9.66. The van der Waals surface area contributed by atoms with Crippen molar-refractivity contribution in [3.63, 3.8) is 0 Å². The molecule has 3 rings (SSSR count). The molecule has 2 heteroatoms. The van der Waals surface area contributed by atoms with Crippen molar-refractivity contribution in [3.05, 3.63) is 58.8 Å². The van der Waals surface area contributed by atoms with Gasteiger partial charge in [0, 0.05) is 12.1 Å². The summed E-state index contributed by atoms with van der Waals surface area (Å²) in [7, 11) is 0. The Morgan fingerprint density at radius 1 is 1.12 bits per heavy atom. The van der Waals surface area contributed by atoms with Crippen molar-refractivity contribution in [2.24, 2.45) is 0 Å². The molecule has 0 fully saturated rings. The predicted octanol–water partition coefficient (Wildman–Crippen LogP) is 2.54. The highest BCUT2D eigenvalue weighted by molar-refractivity contribution is 6.25. The number of ketones is 1. The number of carbonyl (C=O) groups is 1. The van der Waals surface area contributed by atoms with Crippen LogP contribution in [0.15, 0.2) is 47.7 Å². The lowest BCUT2D eigenvalue weighted by atomic mass is 9.94. The molecule has 0 atom stereocenters. The van der Waals surface area contributed by atoms with Crippen LogP contribution in [0.4, 0.5) is 0 Å². The van der Waals surface area contributed by atoms with Gasteiger partial charge in [-0.3, -0.25) is 4.79 Å². The van der Waals surface area contributed by atoms with Crippen molar-refractivity contribution in [2.45, 2.75) is 6.92 Å². The van der Waals surface area contributed by atoms with Crippen molar-refractivity contribution < 1.29 is 4.79 Å². The number of fused-ring (bicyclic) bond motifs is 3. The van der Waals surface area contributed by atoms with E-state index in [0.717, 1.165) is 28.8 Å². The number of rotatable bonds is 2. The van der Waals surface area contributed by atoms with Crippen LogP contribution in [0.2, 0.25) is 0 Å².